The normalized spacial score (nSPS) is 12.8. The fourth-order valence-corrected chi connectivity index (χ4v) is 1.85. The molecule has 0 spiro atoms. The molecule has 5 heteroatoms. The number of hydrogen-bond donors (Lipinski definition) is 2. The largest absolute Gasteiger partial charge is 0.481 e. The lowest BCUT2D eigenvalue weighted by Crippen LogP contribution is -2.47. The second-order valence-corrected chi connectivity index (χ2v) is 5.36. The fourth-order valence-electron chi connectivity index (χ4n) is 1.85. The summed E-state index contributed by atoms with van der Waals surface area (Å²) < 4.78 is 0. The van der Waals surface area contributed by atoms with Gasteiger partial charge in [-0.25, -0.2) is 0 Å². The van der Waals surface area contributed by atoms with Crippen molar-refractivity contribution in [2.75, 3.05) is 6.54 Å². The number of carbonyl (C=O) groups is 2. The van der Waals surface area contributed by atoms with Crippen LogP contribution in [0.25, 0.3) is 0 Å². The van der Waals surface area contributed by atoms with Crippen LogP contribution < -0.4 is 5.73 Å². The highest BCUT2D eigenvalue weighted by molar-refractivity contribution is 5.82. The number of nitrogens with zero attached hydrogens (tertiary/aromatic N) is 1. The van der Waals surface area contributed by atoms with Crippen molar-refractivity contribution in [3.63, 3.8) is 0 Å². The molecule has 0 aromatic carbocycles. The number of nitrogens with two attached hydrogens (primary N) is 1. The van der Waals surface area contributed by atoms with Gasteiger partial charge in [-0.3, -0.25) is 9.59 Å². The van der Waals surface area contributed by atoms with E-state index < -0.39 is 12.0 Å². The lowest BCUT2D eigenvalue weighted by Gasteiger charge is -2.29. The summed E-state index contributed by atoms with van der Waals surface area (Å²) in [7, 11) is 0. The quantitative estimate of drug-likeness (QED) is 0.690. The van der Waals surface area contributed by atoms with E-state index in [2.05, 4.69) is 0 Å². The summed E-state index contributed by atoms with van der Waals surface area (Å²) in [6.07, 6.45) is 1.20. The van der Waals surface area contributed by atoms with E-state index in [1.165, 1.54) is 0 Å². The first-order valence-corrected chi connectivity index (χ1v) is 6.53. The fraction of sp³-hybridized carbons (Fsp3) is 0.846. The summed E-state index contributed by atoms with van der Waals surface area (Å²) in [5, 5.41) is 8.60. The number of carbonyl (C=O) groups excluding carboxylic acids is 1. The smallest absolute Gasteiger partial charge is 0.303 e. The summed E-state index contributed by atoms with van der Waals surface area (Å²) >= 11 is 0. The molecule has 0 radical (unpaired) electrons. The highest BCUT2D eigenvalue weighted by atomic mass is 16.4. The highest BCUT2D eigenvalue weighted by Crippen LogP contribution is 2.09. The Morgan fingerprint density at radius 3 is 2.17 bits per heavy atom. The molecule has 1 atom stereocenters. The Morgan fingerprint density at radius 1 is 1.22 bits per heavy atom. The number of hydrogen-bond acceptors (Lipinski definition) is 3. The van der Waals surface area contributed by atoms with Crippen molar-refractivity contribution < 1.29 is 14.7 Å². The van der Waals surface area contributed by atoms with Crippen molar-refractivity contribution in [1.82, 2.24) is 4.90 Å². The van der Waals surface area contributed by atoms with E-state index in [0.29, 0.717) is 25.3 Å². The van der Waals surface area contributed by atoms with Crippen LogP contribution in [0, 0.1) is 5.92 Å². The lowest BCUT2D eigenvalue weighted by molar-refractivity contribution is -0.139. The molecule has 1 unspecified atom stereocenters. The maximum absolute atomic E-state index is 12.1. The van der Waals surface area contributed by atoms with Crippen molar-refractivity contribution in [1.29, 1.82) is 0 Å². The third-order valence-corrected chi connectivity index (χ3v) is 2.74. The number of rotatable bonds is 8. The van der Waals surface area contributed by atoms with E-state index in [1.807, 2.05) is 27.7 Å². The van der Waals surface area contributed by atoms with E-state index in [-0.39, 0.29) is 18.4 Å². The van der Waals surface area contributed by atoms with Crippen LogP contribution in [0.1, 0.15) is 47.0 Å². The zero-order valence-corrected chi connectivity index (χ0v) is 11.8. The molecule has 0 bridgehead atoms. The molecule has 106 valence electrons. The second kappa shape index (κ2) is 8.08. The van der Waals surface area contributed by atoms with Gasteiger partial charge in [-0.1, -0.05) is 13.8 Å². The van der Waals surface area contributed by atoms with Gasteiger partial charge in [0.1, 0.15) is 0 Å². The molecule has 0 saturated heterocycles. The minimum absolute atomic E-state index is 0.0458. The van der Waals surface area contributed by atoms with Crippen LogP contribution in [-0.4, -0.2) is 40.5 Å². The Bertz CT molecular complexity index is 277. The minimum Gasteiger partial charge on any atom is -0.481 e. The molecule has 0 aliphatic rings. The van der Waals surface area contributed by atoms with Crippen molar-refractivity contribution in [2.24, 2.45) is 11.7 Å². The molecule has 0 aromatic heterocycles. The van der Waals surface area contributed by atoms with Crippen LogP contribution in [0.3, 0.4) is 0 Å². The van der Waals surface area contributed by atoms with E-state index in [1.54, 1.807) is 4.90 Å². The first kappa shape index (κ1) is 16.9. The maximum atomic E-state index is 12.1. The van der Waals surface area contributed by atoms with Crippen LogP contribution in [0.5, 0.6) is 0 Å². The first-order valence-electron chi connectivity index (χ1n) is 6.53. The molecule has 0 aromatic rings. The highest BCUT2D eigenvalue weighted by Gasteiger charge is 2.23. The maximum Gasteiger partial charge on any atom is 0.303 e. The van der Waals surface area contributed by atoms with E-state index in [9.17, 15) is 9.59 Å². The summed E-state index contributed by atoms with van der Waals surface area (Å²) in [4.78, 5) is 24.3. The van der Waals surface area contributed by atoms with Gasteiger partial charge in [-0.05, 0) is 32.6 Å². The summed E-state index contributed by atoms with van der Waals surface area (Å²) in [6.45, 7) is 8.34. The number of aliphatic carboxylic acids is 1. The van der Waals surface area contributed by atoms with Crippen LogP contribution in [0.2, 0.25) is 0 Å². The van der Waals surface area contributed by atoms with Crippen LogP contribution in [0.15, 0.2) is 0 Å². The van der Waals surface area contributed by atoms with Gasteiger partial charge in [-0.2, -0.15) is 0 Å². The van der Waals surface area contributed by atoms with Crippen LogP contribution in [-0.2, 0) is 9.59 Å². The Hall–Kier alpha value is -1.10. The number of carboxylic acid groups (broad SMARTS) is 1. The molecule has 0 aliphatic carbocycles. The summed E-state index contributed by atoms with van der Waals surface area (Å²) in [5.41, 5.74) is 5.88. The molecule has 0 saturated carbocycles. The Kier molecular flexibility index (Phi) is 7.59. The SMILES string of the molecule is CC(C)CC(N)C(=O)N(CCCC(=O)O)C(C)C. The van der Waals surface area contributed by atoms with Gasteiger partial charge in [0.25, 0.3) is 0 Å². The molecular weight excluding hydrogens is 232 g/mol. The predicted molar refractivity (Wildman–Crippen MR) is 71.1 cm³/mol. The van der Waals surface area contributed by atoms with Gasteiger partial charge >= 0.3 is 5.97 Å². The third kappa shape index (κ3) is 6.59. The van der Waals surface area contributed by atoms with Crippen LogP contribution in [0.4, 0.5) is 0 Å². The molecule has 0 aliphatic heterocycles. The van der Waals surface area contributed by atoms with Gasteiger partial charge in [0, 0.05) is 19.0 Å². The van der Waals surface area contributed by atoms with E-state index in [0.717, 1.165) is 0 Å². The van der Waals surface area contributed by atoms with Gasteiger partial charge in [0.2, 0.25) is 5.91 Å². The topological polar surface area (TPSA) is 83.6 Å². The monoisotopic (exact) mass is 258 g/mol. The van der Waals surface area contributed by atoms with E-state index >= 15 is 0 Å². The molecule has 3 N–H and O–H groups in total. The van der Waals surface area contributed by atoms with Gasteiger partial charge in [0.05, 0.1) is 6.04 Å². The third-order valence-electron chi connectivity index (χ3n) is 2.74. The van der Waals surface area contributed by atoms with Crippen LogP contribution >= 0.6 is 0 Å². The van der Waals surface area contributed by atoms with Gasteiger partial charge in [-0.15, -0.1) is 0 Å². The molecular formula is C13H26N2O3. The molecule has 5 nitrogen and oxygen atoms in total. The second-order valence-electron chi connectivity index (χ2n) is 5.36. The van der Waals surface area contributed by atoms with Gasteiger partial charge < -0.3 is 15.7 Å². The van der Waals surface area contributed by atoms with Crippen molar-refractivity contribution >= 4 is 11.9 Å². The average Bonchev–Trinajstić information content (AvgIpc) is 2.21. The molecule has 0 fully saturated rings. The zero-order chi connectivity index (χ0) is 14.3. The first-order chi connectivity index (χ1) is 8.25. The molecule has 1 amide bonds. The molecule has 0 rings (SSSR count). The average molecular weight is 258 g/mol. The number of carboxylic acids is 1. The van der Waals surface area contributed by atoms with Crippen molar-refractivity contribution in [3.8, 4) is 0 Å². The summed E-state index contributed by atoms with van der Waals surface area (Å²) in [6, 6.07) is -0.443. The Balaban J connectivity index is 4.39. The van der Waals surface area contributed by atoms with Crippen molar-refractivity contribution in [3.05, 3.63) is 0 Å². The number of amides is 1. The Morgan fingerprint density at radius 2 is 1.78 bits per heavy atom. The molecule has 18 heavy (non-hydrogen) atoms. The molecule has 0 heterocycles. The standard InChI is InChI=1S/C13H26N2O3/c1-9(2)8-11(14)13(18)15(10(3)4)7-5-6-12(16)17/h9-11H,5-8,14H2,1-4H3,(H,16,17). The van der Waals surface area contributed by atoms with Gasteiger partial charge in [0.15, 0.2) is 0 Å². The minimum atomic E-state index is -0.836. The lowest BCUT2D eigenvalue weighted by atomic mass is 10.0. The predicted octanol–water partition coefficient (Wildman–Crippen LogP) is 1.46. The van der Waals surface area contributed by atoms with Crippen molar-refractivity contribution in [2.45, 2.75) is 59.0 Å². The zero-order valence-electron chi connectivity index (χ0n) is 11.8. The van der Waals surface area contributed by atoms with E-state index in [4.69, 9.17) is 10.8 Å². The Labute approximate surface area is 109 Å². The summed E-state index contributed by atoms with van der Waals surface area (Å²) in [5.74, 6) is -0.543.